The molecule has 94 valence electrons. The van der Waals surface area contributed by atoms with Gasteiger partial charge in [0.1, 0.15) is 0 Å². The first-order valence-electron chi connectivity index (χ1n) is 5.33. The fourth-order valence-corrected chi connectivity index (χ4v) is 2.11. The third kappa shape index (κ3) is 4.32. The first kappa shape index (κ1) is 13.9. The van der Waals surface area contributed by atoms with Gasteiger partial charge >= 0.3 is 0 Å². The largest absolute Gasteiger partial charge is 0.375 e. The van der Waals surface area contributed by atoms with Crippen LogP contribution in [-0.2, 0) is 0 Å². The van der Waals surface area contributed by atoms with E-state index in [0.717, 1.165) is 4.88 Å². The van der Waals surface area contributed by atoms with Crippen LogP contribution in [0.5, 0.6) is 0 Å². The molecule has 1 amide bonds. The van der Waals surface area contributed by atoms with E-state index in [-0.39, 0.29) is 11.0 Å². The van der Waals surface area contributed by atoms with E-state index >= 15 is 0 Å². The average molecular weight is 271 g/mol. The van der Waals surface area contributed by atoms with Crippen molar-refractivity contribution in [1.82, 2.24) is 10.4 Å². The first-order valence-corrected chi connectivity index (χ1v) is 6.62. The van der Waals surface area contributed by atoms with Crippen LogP contribution in [0, 0.1) is 12.8 Å². The fourth-order valence-electron chi connectivity index (χ4n) is 1.31. The minimum atomic E-state index is -0.178. The smallest absolute Gasteiger partial charge is 0.270 e. The van der Waals surface area contributed by atoms with Crippen LogP contribution in [0.3, 0.4) is 0 Å². The summed E-state index contributed by atoms with van der Waals surface area (Å²) in [4.78, 5) is 13.0. The zero-order chi connectivity index (χ0) is 13.0. The Bertz CT molecular complexity index is 415. The van der Waals surface area contributed by atoms with Gasteiger partial charge in [-0.2, -0.15) is 0 Å². The number of thiophene rings is 1. The molecule has 1 aromatic heterocycles. The number of nitrogens with two attached hydrogens (primary N) is 1. The van der Waals surface area contributed by atoms with Crippen LogP contribution < -0.4 is 11.2 Å². The highest BCUT2D eigenvalue weighted by molar-refractivity contribution is 7.80. The number of aryl methyl sites for hydroxylation is 1. The lowest BCUT2D eigenvalue weighted by atomic mass is 10.2. The van der Waals surface area contributed by atoms with Gasteiger partial charge in [0.05, 0.1) is 5.56 Å². The predicted octanol–water partition coefficient (Wildman–Crippen LogP) is 1.90. The zero-order valence-corrected chi connectivity index (χ0v) is 11.8. The molecule has 6 heteroatoms. The highest BCUT2D eigenvalue weighted by Gasteiger charge is 2.14. The molecular formula is C11H17N3OS2. The van der Waals surface area contributed by atoms with Crippen molar-refractivity contribution in [2.75, 3.05) is 6.54 Å². The van der Waals surface area contributed by atoms with Crippen LogP contribution >= 0.6 is 23.6 Å². The second kappa shape index (κ2) is 5.97. The van der Waals surface area contributed by atoms with Gasteiger partial charge in [-0.1, -0.05) is 13.8 Å². The Morgan fingerprint density at radius 2 is 2.29 bits per heavy atom. The molecular weight excluding hydrogens is 254 g/mol. The Balaban J connectivity index is 2.67. The number of carbonyl (C=O) groups is 1. The second-order valence-corrected chi connectivity index (χ2v) is 5.76. The second-order valence-electron chi connectivity index (χ2n) is 4.23. The van der Waals surface area contributed by atoms with Crippen molar-refractivity contribution in [2.45, 2.75) is 20.8 Å². The summed E-state index contributed by atoms with van der Waals surface area (Å²) in [5.41, 5.74) is 8.91. The third-order valence-corrected chi connectivity index (χ3v) is 3.12. The lowest BCUT2D eigenvalue weighted by molar-refractivity contribution is 0.0863. The standard InChI is InChI=1S/C11H17N3OS2/c1-7(2)5-14(11(12)16)13-10(15)9-4-8(3)17-6-9/h4,6-7H,5H2,1-3H3,(H2,12,16)(H,13,15). The predicted molar refractivity (Wildman–Crippen MR) is 74.9 cm³/mol. The molecule has 0 atom stereocenters. The van der Waals surface area contributed by atoms with Crippen LogP contribution in [0.25, 0.3) is 0 Å². The van der Waals surface area contributed by atoms with Gasteiger partial charge in [0.25, 0.3) is 5.91 Å². The molecule has 1 heterocycles. The number of carbonyl (C=O) groups excluding carboxylic acids is 1. The minimum Gasteiger partial charge on any atom is -0.375 e. The van der Waals surface area contributed by atoms with E-state index in [0.29, 0.717) is 18.0 Å². The van der Waals surface area contributed by atoms with E-state index in [1.54, 1.807) is 0 Å². The molecule has 0 saturated carbocycles. The van der Waals surface area contributed by atoms with E-state index in [1.165, 1.54) is 16.3 Å². The van der Waals surface area contributed by atoms with Gasteiger partial charge in [-0.15, -0.1) is 11.3 Å². The molecule has 0 saturated heterocycles. The van der Waals surface area contributed by atoms with Crippen molar-refractivity contribution >= 4 is 34.6 Å². The molecule has 0 aliphatic rings. The number of rotatable bonds is 3. The molecule has 0 aromatic carbocycles. The lowest BCUT2D eigenvalue weighted by Crippen LogP contribution is -2.50. The maximum absolute atomic E-state index is 11.9. The molecule has 0 fully saturated rings. The lowest BCUT2D eigenvalue weighted by Gasteiger charge is -2.24. The molecule has 4 nitrogen and oxygen atoms in total. The minimum absolute atomic E-state index is 0.178. The van der Waals surface area contributed by atoms with Crippen LogP contribution in [0.4, 0.5) is 0 Å². The number of hydrogen-bond donors (Lipinski definition) is 2. The number of amides is 1. The Kier molecular flexibility index (Phi) is 4.89. The van der Waals surface area contributed by atoms with Crippen molar-refractivity contribution in [3.63, 3.8) is 0 Å². The summed E-state index contributed by atoms with van der Waals surface area (Å²) in [7, 11) is 0. The zero-order valence-electron chi connectivity index (χ0n) is 10.2. The number of nitrogens with zero attached hydrogens (tertiary/aromatic N) is 1. The highest BCUT2D eigenvalue weighted by Crippen LogP contribution is 2.12. The van der Waals surface area contributed by atoms with E-state index in [4.69, 9.17) is 18.0 Å². The van der Waals surface area contributed by atoms with E-state index < -0.39 is 0 Å². The highest BCUT2D eigenvalue weighted by atomic mass is 32.1. The van der Waals surface area contributed by atoms with Crippen molar-refractivity contribution in [3.8, 4) is 0 Å². The van der Waals surface area contributed by atoms with Crippen LogP contribution in [0.1, 0.15) is 29.1 Å². The topological polar surface area (TPSA) is 58.4 Å². The first-order chi connectivity index (χ1) is 7.90. The third-order valence-electron chi connectivity index (χ3n) is 2.04. The molecule has 0 aliphatic heterocycles. The Morgan fingerprint density at radius 1 is 1.65 bits per heavy atom. The van der Waals surface area contributed by atoms with E-state index in [9.17, 15) is 4.79 Å². The van der Waals surface area contributed by atoms with Gasteiger partial charge in [-0.3, -0.25) is 15.2 Å². The number of nitrogens with one attached hydrogen (secondary N) is 1. The van der Waals surface area contributed by atoms with Crippen LogP contribution in [0.15, 0.2) is 11.4 Å². The molecule has 1 rings (SSSR count). The number of hydrogen-bond acceptors (Lipinski definition) is 3. The molecule has 0 aliphatic carbocycles. The maximum atomic E-state index is 11.9. The van der Waals surface area contributed by atoms with Crippen molar-refractivity contribution in [3.05, 3.63) is 21.9 Å². The summed E-state index contributed by atoms with van der Waals surface area (Å²) in [6, 6.07) is 1.84. The summed E-state index contributed by atoms with van der Waals surface area (Å²) in [5.74, 6) is 0.184. The molecule has 3 N–H and O–H groups in total. The maximum Gasteiger partial charge on any atom is 0.270 e. The molecule has 17 heavy (non-hydrogen) atoms. The van der Waals surface area contributed by atoms with Gasteiger partial charge in [0, 0.05) is 16.8 Å². The van der Waals surface area contributed by atoms with Crippen LogP contribution in [-0.4, -0.2) is 22.6 Å². The van der Waals surface area contributed by atoms with Crippen molar-refractivity contribution in [2.24, 2.45) is 11.7 Å². The van der Waals surface area contributed by atoms with Gasteiger partial charge in [-0.25, -0.2) is 0 Å². The number of hydrazine groups is 1. The van der Waals surface area contributed by atoms with Gasteiger partial charge in [0.15, 0.2) is 5.11 Å². The van der Waals surface area contributed by atoms with Crippen molar-refractivity contribution < 1.29 is 4.79 Å². The SMILES string of the molecule is Cc1cc(C(=O)NN(CC(C)C)C(N)=S)cs1. The summed E-state index contributed by atoms with van der Waals surface area (Å²) >= 11 is 6.44. The van der Waals surface area contributed by atoms with Gasteiger partial charge in [-0.05, 0) is 31.1 Å². The molecule has 0 bridgehead atoms. The van der Waals surface area contributed by atoms with E-state index in [1.807, 2.05) is 32.2 Å². The van der Waals surface area contributed by atoms with Gasteiger partial charge in [0.2, 0.25) is 0 Å². The monoisotopic (exact) mass is 271 g/mol. The van der Waals surface area contributed by atoms with Gasteiger partial charge < -0.3 is 5.73 Å². The normalized spacial score (nSPS) is 10.4. The summed E-state index contributed by atoms with van der Waals surface area (Å²) in [6.45, 7) is 6.63. The average Bonchev–Trinajstić information content (AvgIpc) is 2.63. The molecule has 0 spiro atoms. The summed E-state index contributed by atoms with van der Waals surface area (Å²) < 4.78 is 0. The molecule has 0 radical (unpaired) electrons. The quantitative estimate of drug-likeness (QED) is 0.651. The summed E-state index contributed by atoms with van der Waals surface area (Å²) in [5, 5.41) is 3.51. The van der Waals surface area contributed by atoms with E-state index in [2.05, 4.69) is 5.43 Å². The van der Waals surface area contributed by atoms with Crippen molar-refractivity contribution in [1.29, 1.82) is 0 Å². The Hall–Kier alpha value is -1.14. The Labute approximate surface area is 111 Å². The Morgan fingerprint density at radius 3 is 2.71 bits per heavy atom. The molecule has 0 unspecified atom stereocenters. The fraction of sp³-hybridized carbons (Fsp3) is 0.455. The number of thiocarbonyl (C=S) groups is 1. The molecule has 1 aromatic rings. The van der Waals surface area contributed by atoms with Crippen LogP contribution in [0.2, 0.25) is 0 Å². The summed E-state index contributed by atoms with van der Waals surface area (Å²) in [6.07, 6.45) is 0.